The van der Waals surface area contributed by atoms with Crippen LogP contribution in [0.4, 0.5) is 0 Å². The van der Waals surface area contributed by atoms with Gasteiger partial charge in [0.05, 0.1) is 5.92 Å². The Labute approximate surface area is 73.2 Å². The van der Waals surface area contributed by atoms with Gasteiger partial charge in [0.25, 0.3) is 0 Å². The summed E-state index contributed by atoms with van der Waals surface area (Å²) < 4.78 is 0. The predicted octanol–water partition coefficient (Wildman–Crippen LogP) is 1.24. The summed E-state index contributed by atoms with van der Waals surface area (Å²) in [6.45, 7) is 3.07. The molecule has 0 aromatic heterocycles. The van der Waals surface area contributed by atoms with Crippen molar-refractivity contribution < 1.29 is 9.90 Å². The molecule has 1 aliphatic heterocycles. The number of aliphatic carboxylic acids is 1. The van der Waals surface area contributed by atoms with Crippen LogP contribution in [0.2, 0.25) is 0 Å². The van der Waals surface area contributed by atoms with Gasteiger partial charge in [-0.05, 0) is 32.2 Å². The van der Waals surface area contributed by atoms with Gasteiger partial charge < -0.3 is 10.4 Å². The Morgan fingerprint density at radius 3 is 3.00 bits per heavy atom. The molecule has 1 fully saturated rings. The Hall–Kier alpha value is -0.570. The number of carbonyl (C=O) groups is 1. The summed E-state index contributed by atoms with van der Waals surface area (Å²) in [6, 6.07) is 0.411. The van der Waals surface area contributed by atoms with Crippen LogP contribution in [-0.2, 0) is 4.79 Å². The molecule has 1 saturated heterocycles. The fourth-order valence-corrected chi connectivity index (χ4v) is 1.73. The van der Waals surface area contributed by atoms with E-state index in [2.05, 4.69) is 12.2 Å². The van der Waals surface area contributed by atoms with Gasteiger partial charge in [0.2, 0.25) is 0 Å². The lowest BCUT2D eigenvalue weighted by atomic mass is 9.96. The molecule has 0 aromatic rings. The maximum Gasteiger partial charge on any atom is 0.306 e. The van der Waals surface area contributed by atoms with Crippen molar-refractivity contribution in [3.63, 3.8) is 0 Å². The Bertz CT molecular complexity index is 159. The zero-order valence-corrected chi connectivity index (χ0v) is 7.55. The zero-order valence-electron chi connectivity index (χ0n) is 7.55. The predicted molar refractivity (Wildman–Crippen MR) is 47.1 cm³/mol. The molecule has 1 aliphatic rings. The molecule has 2 unspecified atom stereocenters. The van der Waals surface area contributed by atoms with E-state index in [0.29, 0.717) is 6.04 Å². The first-order chi connectivity index (χ1) is 5.74. The summed E-state index contributed by atoms with van der Waals surface area (Å²) in [7, 11) is 0. The third kappa shape index (κ3) is 2.48. The van der Waals surface area contributed by atoms with E-state index >= 15 is 0 Å². The molecule has 3 heteroatoms. The second-order valence-corrected chi connectivity index (χ2v) is 3.47. The van der Waals surface area contributed by atoms with Crippen LogP contribution in [0.5, 0.6) is 0 Å². The van der Waals surface area contributed by atoms with Crippen molar-refractivity contribution in [3.05, 3.63) is 0 Å². The van der Waals surface area contributed by atoms with Crippen molar-refractivity contribution in [2.24, 2.45) is 5.92 Å². The molecule has 0 radical (unpaired) electrons. The van der Waals surface area contributed by atoms with Crippen LogP contribution in [0.25, 0.3) is 0 Å². The van der Waals surface area contributed by atoms with Gasteiger partial charge >= 0.3 is 5.97 Å². The number of rotatable bonds is 2. The molecule has 1 rings (SSSR count). The first-order valence-electron chi connectivity index (χ1n) is 4.70. The average molecular weight is 171 g/mol. The van der Waals surface area contributed by atoms with Crippen LogP contribution in [0.1, 0.15) is 32.6 Å². The second kappa shape index (κ2) is 4.45. The third-order valence-corrected chi connectivity index (χ3v) is 2.57. The molecule has 12 heavy (non-hydrogen) atoms. The number of hydrogen-bond acceptors (Lipinski definition) is 2. The van der Waals surface area contributed by atoms with Crippen molar-refractivity contribution in [2.75, 3.05) is 6.54 Å². The highest BCUT2D eigenvalue weighted by Gasteiger charge is 2.23. The molecule has 1 heterocycles. The van der Waals surface area contributed by atoms with Crippen molar-refractivity contribution in [1.82, 2.24) is 5.32 Å². The monoisotopic (exact) mass is 171 g/mol. The van der Waals surface area contributed by atoms with E-state index in [0.717, 1.165) is 32.2 Å². The van der Waals surface area contributed by atoms with Crippen LogP contribution < -0.4 is 5.32 Å². The van der Waals surface area contributed by atoms with E-state index in [1.54, 1.807) is 0 Å². The lowest BCUT2D eigenvalue weighted by Crippen LogP contribution is -2.29. The lowest BCUT2D eigenvalue weighted by molar-refractivity contribution is -0.142. The number of nitrogens with one attached hydrogen (secondary N) is 1. The Balaban J connectivity index is 2.47. The normalized spacial score (nSPS) is 31.1. The zero-order chi connectivity index (χ0) is 8.97. The summed E-state index contributed by atoms with van der Waals surface area (Å²) in [5.74, 6) is -0.748. The molecule has 0 spiro atoms. The smallest absolute Gasteiger partial charge is 0.306 e. The number of carboxylic acids is 1. The van der Waals surface area contributed by atoms with Gasteiger partial charge in [0.1, 0.15) is 0 Å². The van der Waals surface area contributed by atoms with Gasteiger partial charge in [-0.15, -0.1) is 0 Å². The fraction of sp³-hybridized carbons (Fsp3) is 0.889. The van der Waals surface area contributed by atoms with Crippen molar-refractivity contribution in [3.8, 4) is 0 Å². The van der Waals surface area contributed by atoms with E-state index in [1.165, 1.54) is 0 Å². The van der Waals surface area contributed by atoms with Crippen LogP contribution in [0.15, 0.2) is 0 Å². The molecule has 0 bridgehead atoms. The largest absolute Gasteiger partial charge is 0.481 e. The van der Waals surface area contributed by atoms with Gasteiger partial charge in [-0.3, -0.25) is 4.79 Å². The Kier molecular flexibility index (Phi) is 3.53. The maximum absolute atomic E-state index is 10.7. The van der Waals surface area contributed by atoms with Gasteiger partial charge in [-0.2, -0.15) is 0 Å². The number of hydrogen-bond donors (Lipinski definition) is 2. The molecule has 0 saturated carbocycles. The van der Waals surface area contributed by atoms with Crippen molar-refractivity contribution in [1.29, 1.82) is 0 Å². The summed E-state index contributed by atoms with van der Waals surface area (Å²) in [6.07, 6.45) is 3.65. The highest BCUT2D eigenvalue weighted by molar-refractivity contribution is 5.70. The molecule has 70 valence electrons. The molecule has 0 aliphatic carbocycles. The van der Waals surface area contributed by atoms with Gasteiger partial charge in [-0.25, -0.2) is 0 Å². The highest BCUT2D eigenvalue weighted by Crippen LogP contribution is 2.18. The quantitative estimate of drug-likeness (QED) is 0.657. The van der Waals surface area contributed by atoms with Gasteiger partial charge in [0, 0.05) is 6.04 Å². The first-order valence-corrected chi connectivity index (χ1v) is 4.70. The fourth-order valence-electron chi connectivity index (χ4n) is 1.73. The molecule has 3 nitrogen and oxygen atoms in total. The molecule has 0 aromatic carbocycles. The maximum atomic E-state index is 10.7. The molecule has 2 atom stereocenters. The van der Waals surface area contributed by atoms with E-state index < -0.39 is 5.97 Å². The topological polar surface area (TPSA) is 49.3 Å². The minimum atomic E-state index is -0.628. The molecule has 2 N–H and O–H groups in total. The number of carboxylic acid groups (broad SMARTS) is 1. The van der Waals surface area contributed by atoms with Crippen LogP contribution in [-0.4, -0.2) is 23.7 Å². The van der Waals surface area contributed by atoms with E-state index in [-0.39, 0.29) is 5.92 Å². The SMILES string of the molecule is CCC1CC(C(=O)O)CCCN1. The van der Waals surface area contributed by atoms with Gasteiger partial charge in [-0.1, -0.05) is 6.92 Å². The highest BCUT2D eigenvalue weighted by atomic mass is 16.4. The van der Waals surface area contributed by atoms with Gasteiger partial charge in [0.15, 0.2) is 0 Å². The van der Waals surface area contributed by atoms with Crippen LogP contribution >= 0.6 is 0 Å². The molecular formula is C9H17NO2. The summed E-state index contributed by atoms with van der Waals surface area (Å²) in [5, 5.41) is 12.2. The second-order valence-electron chi connectivity index (χ2n) is 3.47. The molecular weight excluding hydrogens is 154 g/mol. The van der Waals surface area contributed by atoms with E-state index in [4.69, 9.17) is 5.11 Å². The first kappa shape index (κ1) is 9.52. The molecule has 0 amide bonds. The minimum absolute atomic E-state index is 0.120. The Morgan fingerprint density at radius 2 is 2.42 bits per heavy atom. The van der Waals surface area contributed by atoms with E-state index in [1.807, 2.05) is 0 Å². The van der Waals surface area contributed by atoms with Crippen LogP contribution in [0, 0.1) is 5.92 Å². The Morgan fingerprint density at radius 1 is 1.67 bits per heavy atom. The minimum Gasteiger partial charge on any atom is -0.481 e. The van der Waals surface area contributed by atoms with Crippen LogP contribution in [0.3, 0.4) is 0 Å². The average Bonchev–Trinajstić information content (AvgIpc) is 2.28. The lowest BCUT2D eigenvalue weighted by Gasteiger charge is -2.15. The standard InChI is InChI=1S/C9H17NO2/c1-2-8-6-7(9(11)12)4-3-5-10-8/h7-8,10H,2-6H2,1H3,(H,11,12). The van der Waals surface area contributed by atoms with Crippen molar-refractivity contribution >= 4 is 5.97 Å². The third-order valence-electron chi connectivity index (χ3n) is 2.57. The summed E-state index contributed by atoms with van der Waals surface area (Å²) in [4.78, 5) is 10.7. The summed E-state index contributed by atoms with van der Waals surface area (Å²) >= 11 is 0. The summed E-state index contributed by atoms with van der Waals surface area (Å²) in [5.41, 5.74) is 0. The van der Waals surface area contributed by atoms with E-state index in [9.17, 15) is 4.79 Å². The van der Waals surface area contributed by atoms with Crippen molar-refractivity contribution in [2.45, 2.75) is 38.6 Å².